The van der Waals surface area contributed by atoms with Gasteiger partial charge in [-0.3, -0.25) is 9.59 Å². The molecule has 3 rings (SSSR count). The summed E-state index contributed by atoms with van der Waals surface area (Å²) in [5.41, 5.74) is 2.04. The number of ether oxygens (including phenoxy) is 2. The Morgan fingerprint density at radius 2 is 1.48 bits per heavy atom. The van der Waals surface area contributed by atoms with Gasteiger partial charge in [0.15, 0.2) is 5.92 Å². The molecular weight excluding hydrogens is 423 g/mol. The van der Waals surface area contributed by atoms with Crippen molar-refractivity contribution >= 4 is 24.5 Å². The largest absolute Gasteiger partial charge is 0.495 e. The molecule has 33 heavy (non-hydrogen) atoms. The van der Waals surface area contributed by atoms with Gasteiger partial charge < -0.3 is 18.8 Å². The number of nitrogens with zero attached hydrogens (tertiary/aromatic N) is 2. The van der Waals surface area contributed by atoms with Gasteiger partial charge in [-0.25, -0.2) is 9.97 Å². The summed E-state index contributed by atoms with van der Waals surface area (Å²) in [4.78, 5) is 33.5. The summed E-state index contributed by atoms with van der Waals surface area (Å²) in [6, 6.07) is 5.73. The maximum absolute atomic E-state index is 12.7. The van der Waals surface area contributed by atoms with Crippen molar-refractivity contribution in [3.05, 3.63) is 42.5 Å². The first-order valence-corrected chi connectivity index (χ1v) is 11.2. The first-order valence-electron chi connectivity index (χ1n) is 11.2. The average Bonchev–Trinajstić information content (AvgIpc) is 2.99. The van der Waals surface area contributed by atoms with Crippen LogP contribution in [0.1, 0.15) is 47.1 Å². The van der Waals surface area contributed by atoms with Gasteiger partial charge in [-0.1, -0.05) is 18.2 Å². The van der Waals surface area contributed by atoms with Gasteiger partial charge in [-0.15, -0.1) is 0 Å². The van der Waals surface area contributed by atoms with E-state index in [0.29, 0.717) is 0 Å². The van der Waals surface area contributed by atoms with E-state index < -0.39 is 36.2 Å². The molecule has 1 aromatic carbocycles. The monoisotopic (exact) mass is 454 g/mol. The first-order chi connectivity index (χ1) is 15.6. The number of rotatable bonds is 8. The van der Waals surface area contributed by atoms with Crippen molar-refractivity contribution < 1.29 is 28.4 Å². The fraction of sp³-hybridized carbons (Fsp3) is 0.500. The van der Waals surface area contributed by atoms with E-state index in [2.05, 4.69) is 9.97 Å². The number of carbonyl (C=O) groups excluding carboxylic acids is 2. The molecule has 0 N–H and O–H groups in total. The van der Waals surface area contributed by atoms with Gasteiger partial charge in [0.05, 0.1) is 24.4 Å². The van der Waals surface area contributed by atoms with E-state index in [4.69, 9.17) is 18.8 Å². The van der Waals surface area contributed by atoms with Crippen molar-refractivity contribution in [3.8, 4) is 11.1 Å². The van der Waals surface area contributed by atoms with Gasteiger partial charge in [0, 0.05) is 18.0 Å². The molecule has 9 heteroatoms. The van der Waals surface area contributed by atoms with Crippen LogP contribution in [0.25, 0.3) is 11.1 Å². The Hall–Kier alpha value is -2.78. The predicted octanol–water partition coefficient (Wildman–Crippen LogP) is 2.73. The van der Waals surface area contributed by atoms with E-state index in [1.54, 1.807) is 26.2 Å². The summed E-state index contributed by atoms with van der Waals surface area (Å²) in [7, 11) is -0.656. The summed E-state index contributed by atoms with van der Waals surface area (Å²) in [5, 5.41) is 0. The molecule has 0 spiro atoms. The van der Waals surface area contributed by atoms with Gasteiger partial charge >= 0.3 is 19.1 Å². The zero-order valence-corrected chi connectivity index (χ0v) is 20.1. The third-order valence-corrected chi connectivity index (χ3v) is 6.11. The third kappa shape index (κ3) is 5.42. The molecular formula is C24H31BN2O6. The van der Waals surface area contributed by atoms with Crippen LogP contribution in [-0.4, -0.2) is 53.4 Å². The second-order valence-corrected chi connectivity index (χ2v) is 8.89. The quantitative estimate of drug-likeness (QED) is 0.341. The molecule has 1 aromatic heterocycles. The highest BCUT2D eigenvalue weighted by Gasteiger charge is 2.52. The molecule has 1 saturated heterocycles. The summed E-state index contributed by atoms with van der Waals surface area (Å²) < 4.78 is 22.8. The van der Waals surface area contributed by atoms with Crippen molar-refractivity contribution in [2.45, 2.75) is 59.2 Å². The van der Waals surface area contributed by atoms with Gasteiger partial charge in [0.1, 0.15) is 6.33 Å². The summed E-state index contributed by atoms with van der Waals surface area (Å²) in [6.45, 7) is 11.6. The van der Waals surface area contributed by atoms with Gasteiger partial charge in [-0.2, -0.15) is 0 Å². The predicted molar refractivity (Wildman–Crippen MR) is 124 cm³/mol. The molecule has 0 amide bonds. The van der Waals surface area contributed by atoms with Gasteiger partial charge in [0.2, 0.25) is 0 Å². The number of aromatic nitrogens is 2. The molecule has 2 heterocycles. The van der Waals surface area contributed by atoms with Crippen LogP contribution in [0, 0.1) is 5.92 Å². The summed E-state index contributed by atoms with van der Waals surface area (Å²) in [6.07, 6.45) is 4.95. The molecule has 1 aliphatic rings. The van der Waals surface area contributed by atoms with Crippen molar-refractivity contribution in [1.82, 2.24) is 9.97 Å². The van der Waals surface area contributed by atoms with Crippen molar-refractivity contribution in [1.29, 1.82) is 0 Å². The summed E-state index contributed by atoms with van der Waals surface area (Å²) >= 11 is 0. The Kier molecular flexibility index (Phi) is 7.54. The Balaban J connectivity index is 2.05. The standard InChI is InChI=1S/C24H31BN2O6/c1-7-30-21(28)19(22(29)31-8-2)12-17-11-16(18-13-26-15-27-14-18)9-10-20(17)25-32-23(3,4)24(5,6)33-25/h9-11,13-15,19H,7-8,12H2,1-6H3. The van der Waals surface area contributed by atoms with Crippen LogP contribution in [-0.2, 0) is 34.8 Å². The fourth-order valence-corrected chi connectivity index (χ4v) is 3.58. The number of hydrogen-bond donors (Lipinski definition) is 0. The molecule has 1 fully saturated rings. The average molecular weight is 454 g/mol. The Morgan fingerprint density at radius 3 is 2.00 bits per heavy atom. The number of benzene rings is 1. The third-order valence-electron chi connectivity index (χ3n) is 6.11. The lowest BCUT2D eigenvalue weighted by molar-refractivity contribution is -0.161. The molecule has 176 valence electrons. The van der Waals surface area contributed by atoms with E-state index in [9.17, 15) is 9.59 Å². The second kappa shape index (κ2) is 10.0. The molecule has 0 radical (unpaired) electrons. The van der Waals surface area contributed by atoms with Gasteiger partial charge in [-0.05, 0) is 64.6 Å². The highest BCUT2D eigenvalue weighted by Crippen LogP contribution is 2.37. The summed E-state index contributed by atoms with van der Waals surface area (Å²) in [5.74, 6) is -2.35. The minimum atomic E-state index is -1.10. The minimum absolute atomic E-state index is 0.0820. The highest BCUT2D eigenvalue weighted by molar-refractivity contribution is 6.62. The Labute approximate surface area is 195 Å². The Morgan fingerprint density at radius 1 is 0.939 bits per heavy atom. The van der Waals surface area contributed by atoms with Crippen LogP contribution in [0.4, 0.5) is 0 Å². The molecule has 1 aliphatic heterocycles. The molecule has 8 nitrogen and oxygen atoms in total. The number of carbonyl (C=O) groups is 2. The van der Waals surface area contributed by atoms with E-state index >= 15 is 0 Å². The van der Waals surface area contributed by atoms with Crippen molar-refractivity contribution in [2.75, 3.05) is 13.2 Å². The van der Waals surface area contributed by atoms with E-state index in [1.165, 1.54) is 6.33 Å². The fourth-order valence-electron chi connectivity index (χ4n) is 3.58. The molecule has 2 aromatic rings. The lowest BCUT2D eigenvalue weighted by Crippen LogP contribution is -2.41. The molecule has 0 saturated carbocycles. The highest BCUT2D eigenvalue weighted by atomic mass is 16.7. The van der Waals surface area contributed by atoms with E-state index in [0.717, 1.165) is 22.2 Å². The smallest absolute Gasteiger partial charge is 0.465 e. The lowest BCUT2D eigenvalue weighted by atomic mass is 9.73. The SMILES string of the molecule is CCOC(=O)C(Cc1cc(-c2cncnc2)ccc1B1OC(C)(C)C(C)(C)O1)C(=O)OCC. The van der Waals surface area contributed by atoms with E-state index in [1.807, 2.05) is 45.9 Å². The minimum Gasteiger partial charge on any atom is -0.465 e. The topological polar surface area (TPSA) is 96.8 Å². The molecule has 0 bridgehead atoms. The van der Waals surface area contributed by atoms with Crippen LogP contribution < -0.4 is 5.46 Å². The first kappa shape index (κ1) is 24.9. The number of esters is 2. The van der Waals surface area contributed by atoms with Gasteiger partial charge in [0.25, 0.3) is 0 Å². The second-order valence-electron chi connectivity index (χ2n) is 8.89. The zero-order valence-electron chi connectivity index (χ0n) is 20.1. The van der Waals surface area contributed by atoms with Crippen LogP contribution >= 0.6 is 0 Å². The molecule has 0 unspecified atom stereocenters. The molecule has 0 atom stereocenters. The molecule has 0 aliphatic carbocycles. The number of hydrogen-bond acceptors (Lipinski definition) is 8. The lowest BCUT2D eigenvalue weighted by Gasteiger charge is -2.32. The van der Waals surface area contributed by atoms with Crippen LogP contribution in [0.3, 0.4) is 0 Å². The normalized spacial score (nSPS) is 16.6. The van der Waals surface area contributed by atoms with Crippen LogP contribution in [0.5, 0.6) is 0 Å². The van der Waals surface area contributed by atoms with E-state index in [-0.39, 0.29) is 19.6 Å². The van der Waals surface area contributed by atoms with Crippen LogP contribution in [0.15, 0.2) is 36.9 Å². The van der Waals surface area contributed by atoms with Crippen molar-refractivity contribution in [2.24, 2.45) is 5.92 Å². The maximum Gasteiger partial charge on any atom is 0.495 e. The van der Waals surface area contributed by atoms with Crippen molar-refractivity contribution in [3.63, 3.8) is 0 Å². The van der Waals surface area contributed by atoms with Crippen LogP contribution in [0.2, 0.25) is 0 Å². The maximum atomic E-state index is 12.7. The zero-order chi connectivity index (χ0) is 24.2. The Bertz CT molecular complexity index is 962.